The van der Waals surface area contributed by atoms with Crippen LogP contribution in [0.25, 0.3) is 0 Å². The Hall–Kier alpha value is -1.87. The molecular formula is C17H19BrN2O3. The van der Waals surface area contributed by atoms with Crippen molar-refractivity contribution in [2.24, 2.45) is 0 Å². The largest absolute Gasteiger partial charge is 0.452 e. The first kappa shape index (κ1) is 17.5. The molecule has 1 aliphatic carbocycles. The summed E-state index contributed by atoms with van der Waals surface area (Å²) in [5, 5.41) is 9.49. The second-order valence-corrected chi connectivity index (χ2v) is 6.66. The maximum absolute atomic E-state index is 12.3. The molecule has 0 spiro atoms. The standard InChI is InChI=1S/C17H19BrN2O3/c1-20(17(12-19)8-3-2-4-9-17)15(21)11-23-16(22)13-6-5-7-14(18)10-13/h5-7,10H,2-4,8-9,11H2,1H3. The fraction of sp³-hybridized carbons (Fsp3) is 0.471. The zero-order chi connectivity index (χ0) is 16.9. The number of hydrogen-bond acceptors (Lipinski definition) is 4. The number of amides is 1. The summed E-state index contributed by atoms with van der Waals surface area (Å²) in [5.41, 5.74) is -0.389. The fourth-order valence-corrected chi connectivity index (χ4v) is 3.22. The van der Waals surface area contributed by atoms with Crippen molar-refractivity contribution in [3.63, 3.8) is 0 Å². The van der Waals surface area contributed by atoms with Gasteiger partial charge in [-0.2, -0.15) is 5.26 Å². The third kappa shape index (κ3) is 4.11. The van der Waals surface area contributed by atoms with E-state index in [0.717, 1.165) is 23.7 Å². The second kappa shape index (κ2) is 7.60. The quantitative estimate of drug-likeness (QED) is 0.753. The highest BCUT2D eigenvalue weighted by atomic mass is 79.9. The van der Waals surface area contributed by atoms with Crippen LogP contribution in [0.1, 0.15) is 42.5 Å². The van der Waals surface area contributed by atoms with Gasteiger partial charge in [0.05, 0.1) is 11.6 Å². The predicted octanol–water partition coefficient (Wildman–Crippen LogP) is 3.29. The Kier molecular flexibility index (Phi) is 5.78. The van der Waals surface area contributed by atoms with Crippen molar-refractivity contribution in [3.8, 4) is 6.07 Å². The van der Waals surface area contributed by atoms with Gasteiger partial charge in [-0.1, -0.05) is 41.3 Å². The average Bonchev–Trinajstić information content (AvgIpc) is 2.59. The molecule has 0 saturated heterocycles. The van der Waals surface area contributed by atoms with Crippen LogP contribution < -0.4 is 0 Å². The Balaban J connectivity index is 1.96. The number of carbonyl (C=O) groups excluding carboxylic acids is 2. The molecule has 0 aromatic heterocycles. The Labute approximate surface area is 144 Å². The van der Waals surface area contributed by atoms with Crippen molar-refractivity contribution in [1.29, 1.82) is 5.26 Å². The summed E-state index contributed by atoms with van der Waals surface area (Å²) in [6.45, 7) is -0.356. The molecule has 0 atom stereocenters. The minimum absolute atomic E-state index is 0.350. The van der Waals surface area contributed by atoms with Gasteiger partial charge in [0, 0.05) is 11.5 Å². The highest BCUT2D eigenvalue weighted by molar-refractivity contribution is 9.10. The van der Waals surface area contributed by atoms with Gasteiger partial charge in [-0.05, 0) is 31.0 Å². The summed E-state index contributed by atoms with van der Waals surface area (Å²) in [7, 11) is 1.61. The molecule has 1 saturated carbocycles. The number of rotatable bonds is 4. The van der Waals surface area contributed by atoms with E-state index < -0.39 is 11.5 Å². The lowest BCUT2D eigenvalue weighted by atomic mass is 9.81. The van der Waals surface area contributed by atoms with Gasteiger partial charge >= 0.3 is 5.97 Å². The first-order valence-corrected chi connectivity index (χ1v) is 8.38. The van der Waals surface area contributed by atoms with Gasteiger partial charge in [0.1, 0.15) is 5.54 Å². The second-order valence-electron chi connectivity index (χ2n) is 5.74. The van der Waals surface area contributed by atoms with Crippen molar-refractivity contribution in [2.45, 2.75) is 37.6 Å². The van der Waals surface area contributed by atoms with Crippen molar-refractivity contribution in [1.82, 2.24) is 4.90 Å². The van der Waals surface area contributed by atoms with E-state index in [4.69, 9.17) is 4.74 Å². The molecule has 0 unspecified atom stereocenters. The zero-order valence-corrected chi connectivity index (χ0v) is 14.6. The predicted molar refractivity (Wildman–Crippen MR) is 88.6 cm³/mol. The van der Waals surface area contributed by atoms with Crippen LogP contribution in [0.4, 0.5) is 0 Å². The van der Waals surface area contributed by atoms with Gasteiger partial charge in [0.2, 0.25) is 0 Å². The molecule has 0 radical (unpaired) electrons. The fourth-order valence-electron chi connectivity index (χ4n) is 2.82. The van der Waals surface area contributed by atoms with Crippen LogP contribution in [0.5, 0.6) is 0 Å². The molecule has 2 rings (SSSR count). The average molecular weight is 379 g/mol. The highest BCUT2D eigenvalue weighted by Gasteiger charge is 2.38. The summed E-state index contributed by atoms with van der Waals surface area (Å²) in [4.78, 5) is 25.7. The van der Waals surface area contributed by atoms with Crippen LogP contribution >= 0.6 is 15.9 Å². The van der Waals surface area contributed by atoms with Crippen LogP contribution in [0.15, 0.2) is 28.7 Å². The number of ether oxygens (including phenoxy) is 1. The monoisotopic (exact) mass is 378 g/mol. The molecule has 122 valence electrons. The molecule has 1 fully saturated rings. The third-order valence-electron chi connectivity index (χ3n) is 4.29. The van der Waals surface area contributed by atoms with E-state index >= 15 is 0 Å². The minimum Gasteiger partial charge on any atom is -0.452 e. The number of nitrogens with zero attached hydrogens (tertiary/aromatic N) is 2. The van der Waals surface area contributed by atoms with Crippen molar-refractivity contribution < 1.29 is 14.3 Å². The van der Waals surface area contributed by atoms with Crippen molar-refractivity contribution >= 4 is 27.8 Å². The SMILES string of the molecule is CN(C(=O)COC(=O)c1cccc(Br)c1)C1(C#N)CCCCC1. The smallest absolute Gasteiger partial charge is 0.338 e. The maximum atomic E-state index is 12.3. The van der Waals surface area contributed by atoms with E-state index in [1.807, 2.05) is 0 Å². The number of halogens is 1. The molecular weight excluding hydrogens is 360 g/mol. The Morgan fingerprint density at radius 1 is 1.35 bits per heavy atom. The van der Waals surface area contributed by atoms with Crippen LogP contribution in [-0.4, -0.2) is 36.0 Å². The van der Waals surface area contributed by atoms with Crippen molar-refractivity contribution in [3.05, 3.63) is 34.3 Å². The van der Waals surface area contributed by atoms with E-state index in [0.29, 0.717) is 18.4 Å². The zero-order valence-electron chi connectivity index (χ0n) is 13.0. The first-order chi connectivity index (χ1) is 11.0. The Morgan fingerprint density at radius 2 is 2.04 bits per heavy atom. The molecule has 1 aliphatic rings. The molecule has 1 amide bonds. The van der Waals surface area contributed by atoms with E-state index in [1.54, 1.807) is 31.3 Å². The number of carbonyl (C=O) groups is 2. The summed E-state index contributed by atoms with van der Waals surface area (Å²) >= 11 is 3.28. The maximum Gasteiger partial charge on any atom is 0.338 e. The molecule has 0 N–H and O–H groups in total. The molecule has 0 heterocycles. The minimum atomic E-state index is -0.766. The molecule has 6 heteroatoms. The first-order valence-electron chi connectivity index (χ1n) is 7.59. The molecule has 5 nitrogen and oxygen atoms in total. The Morgan fingerprint density at radius 3 is 2.65 bits per heavy atom. The van der Waals surface area contributed by atoms with Crippen LogP contribution in [-0.2, 0) is 9.53 Å². The molecule has 1 aromatic carbocycles. The summed E-state index contributed by atoms with van der Waals surface area (Å²) < 4.78 is 5.85. The molecule has 0 aliphatic heterocycles. The van der Waals surface area contributed by atoms with Gasteiger partial charge in [-0.3, -0.25) is 4.79 Å². The number of likely N-dealkylation sites (N-methyl/N-ethyl adjacent to an activating group) is 1. The summed E-state index contributed by atoms with van der Waals surface area (Å²) in [6, 6.07) is 9.07. The topological polar surface area (TPSA) is 70.4 Å². The number of nitriles is 1. The van der Waals surface area contributed by atoms with E-state index in [-0.39, 0.29) is 12.5 Å². The Bertz CT molecular complexity index is 633. The number of hydrogen-bond donors (Lipinski definition) is 0. The van der Waals surface area contributed by atoms with Gasteiger partial charge in [0.25, 0.3) is 5.91 Å². The van der Waals surface area contributed by atoms with Crippen LogP contribution in [0.3, 0.4) is 0 Å². The van der Waals surface area contributed by atoms with Gasteiger partial charge < -0.3 is 9.64 Å². The van der Waals surface area contributed by atoms with E-state index in [9.17, 15) is 14.9 Å². The molecule has 0 bridgehead atoms. The van der Waals surface area contributed by atoms with Gasteiger partial charge in [-0.15, -0.1) is 0 Å². The van der Waals surface area contributed by atoms with Crippen molar-refractivity contribution in [2.75, 3.05) is 13.7 Å². The highest BCUT2D eigenvalue weighted by Crippen LogP contribution is 2.32. The van der Waals surface area contributed by atoms with E-state index in [1.165, 1.54) is 4.90 Å². The van der Waals surface area contributed by atoms with Gasteiger partial charge in [-0.25, -0.2) is 4.79 Å². The van der Waals surface area contributed by atoms with Gasteiger partial charge in [0.15, 0.2) is 6.61 Å². The number of benzene rings is 1. The van der Waals surface area contributed by atoms with Crippen LogP contribution in [0.2, 0.25) is 0 Å². The third-order valence-corrected chi connectivity index (χ3v) is 4.79. The normalized spacial score (nSPS) is 16.2. The molecule has 23 heavy (non-hydrogen) atoms. The van der Waals surface area contributed by atoms with Crippen LogP contribution in [0, 0.1) is 11.3 Å². The lowest BCUT2D eigenvalue weighted by molar-refractivity contribution is -0.138. The summed E-state index contributed by atoms with van der Waals surface area (Å²) in [6.07, 6.45) is 4.30. The lowest BCUT2D eigenvalue weighted by Crippen LogP contribution is -2.51. The molecule has 1 aromatic rings. The summed E-state index contributed by atoms with van der Waals surface area (Å²) in [5.74, 6) is -0.903. The lowest BCUT2D eigenvalue weighted by Gasteiger charge is -2.38. The number of esters is 1. The van der Waals surface area contributed by atoms with E-state index in [2.05, 4.69) is 22.0 Å².